The number of nitrogens with zero attached hydrogens (tertiary/aromatic N) is 2. The van der Waals surface area contributed by atoms with Gasteiger partial charge in [0.05, 0.1) is 16.8 Å². The zero-order chi connectivity index (χ0) is 21.1. The Kier molecular flexibility index (Phi) is 6.58. The number of hydrogen-bond donors (Lipinski definition) is 1. The van der Waals surface area contributed by atoms with Crippen LogP contribution in [0.25, 0.3) is 15.9 Å². The third-order valence-electron chi connectivity index (χ3n) is 5.74. The van der Waals surface area contributed by atoms with E-state index in [2.05, 4.69) is 5.32 Å². The van der Waals surface area contributed by atoms with Gasteiger partial charge in [0.25, 0.3) is 5.56 Å². The highest BCUT2D eigenvalue weighted by molar-refractivity contribution is 7.99. The number of amides is 1. The summed E-state index contributed by atoms with van der Waals surface area (Å²) in [4.78, 5) is 32.6. The summed E-state index contributed by atoms with van der Waals surface area (Å²) in [6, 6.07) is 9.82. The molecule has 1 aliphatic carbocycles. The van der Waals surface area contributed by atoms with Crippen molar-refractivity contribution < 1.29 is 4.79 Å². The molecule has 30 heavy (non-hydrogen) atoms. The van der Waals surface area contributed by atoms with E-state index in [0.717, 1.165) is 33.8 Å². The standard InChI is InChI=1S/C23H27N3O2S2/c1-15-16(2)30-21-20(15)22(28)26(18-12-8-5-9-13-18)23(25-21)29-14-19(27)24-17-10-6-3-4-7-11-17/h5,8-9,12-13,17H,3-4,6-7,10-11,14H2,1-2H3,(H,24,27). The van der Waals surface area contributed by atoms with E-state index >= 15 is 0 Å². The van der Waals surface area contributed by atoms with E-state index in [0.29, 0.717) is 10.5 Å². The van der Waals surface area contributed by atoms with Crippen LogP contribution >= 0.6 is 23.1 Å². The van der Waals surface area contributed by atoms with Gasteiger partial charge in [0.15, 0.2) is 5.16 Å². The Morgan fingerprint density at radius 3 is 2.57 bits per heavy atom. The summed E-state index contributed by atoms with van der Waals surface area (Å²) in [7, 11) is 0. The van der Waals surface area contributed by atoms with Crippen molar-refractivity contribution in [2.24, 2.45) is 0 Å². The van der Waals surface area contributed by atoms with Crippen molar-refractivity contribution >= 4 is 39.2 Å². The molecular formula is C23H27N3O2S2. The molecule has 1 saturated carbocycles. The Balaban J connectivity index is 1.62. The quantitative estimate of drug-likeness (QED) is 0.344. The summed E-state index contributed by atoms with van der Waals surface area (Å²) in [6.45, 7) is 3.99. The van der Waals surface area contributed by atoms with Gasteiger partial charge in [-0.25, -0.2) is 4.98 Å². The number of thioether (sulfide) groups is 1. The Morgan fingerprint density at radius 2 is 1.87 bits per heavy atom. The lowest BCUT2D eigenvalue weighted by molar-refractivity contribution is -0.119. The lowest BCUT2D eigenvalue weighted by Gasteiger charge is -2.16. The molecule has 7 heteroatoms. The molecular weight excluding hydrogens is 414 g/mol. The summed E-state index contributed by atoms with van der Waals surface area (Å²) in [5.41, 5.74) is 1.69. The Bertz CT molecular complexity index is 1100. The van der Waals surface area contributed by atoms with Crippen LogP contribution < -0.4 is 10.9 Å². The number of benzene rings is 1. The maximum atomic E-state index is 13.4. The molecule has 1 fully saturated rings. The van der Waals surface area contributed by atoms with Gasteiger partial charge >= 0.3 is 0 Å². The topological polar surface area (TPSA) is 64.0 Å². The number of carbonyl (C=O) groups excluding carboxylic acids is 1. The first-order valence-corrected chi connectivity index (χ1v) is 12.3. The highest BCUT2D eigenvalue weighted by atomic mass is 32.2. The van der Waals surface area contributed by atoms with Crippen LogP contribution in [-0.4, -0.2) is 27.3 Å². The lowest BCUT2D eigenvalue weighted by Crippen LogP contribution is -2.35. The molecule has 0 radical (unpaired) electrons. The number of carbonyl (C=O) groups is 1. The highest BCUT2D eigenvalue weighted by Crippen LogP contribution is 2.29. The molecule has 2 heterocycles. The van der Waals surface area contributed by atoms with Gasteiger partial charge < -0.3 is 5.32 Å². The second kappa shape index (κ2) is 9.35. The summed E-state index contributed by atoms with van der Waals surface area (Å²) in [5.74, 6) is 0.268. The van der Waals surface area contributed by atoms with Crippen LogP contribution in [0, 0.1) is 13.8 Å². The minimum atomic E-state index is -0.0697. The van der Waals surface area contributed by atoms with E-state index in [4.69, 9.17) is 4.98 Å². The average molecular weight is 442 g/mol. The van der Waals surface area contributed by atoms with Gasteiger partial charge in [-0.1, -0.05) is 55.6 Å². The van der Waals surface area contributed by atoms with Crippen LogP contribution in [0.4, 0.5) is 0 Å². The number of aromatic nitrogens is 2. The molecule has 0 saturated heterocycles. The second-order valence-electron chi connectivity index (χ2n) is 7.88. The number of rotatable bonds is 5. The van der Waals surface area contributed by atoms with Crippen molar-refractivity contribution in [2.45, 2.75) is 63.6 Å². The van der Waals surface area contributed by atoms with Crippen LogP contribution in [0.5, 0.6) is 0 Å². The van der Waals surface area contributed by atoms with Gasteiger partial charge in [0.1, 0.15) is 4.83 Å². The maximum Gasteiger partial charge on any atom is 0.267 e. The zero-order valence-electron chi connectivity index (χ0n) is 17.4. The van der Waals surface area contributed by atoms with E-state index in [1.165, 1.54) is 48.8 Å². The fraction of sp³-hybridized carbons (Fsp3) is 0.435. The molecule has 158 valence electrons. The Hall–Kier alpha value is -2.12. The zero-order valence-corrected chi connectivity index (χ0v) is 19.1. The monoisotopic (exact) mass is 441 g/mol. The predicted octanol–water partition coefficient (Wildman–Crippen LogP) is 5.00. The average Bonchev–Trinajstić information content (AvgIpc) is 2.89. The molecule has 0 atom stereocenters. The van der Waals surface area contributed by atoms with Gasteiger partial charge in [-0.15, -0.1) is 11.3 Å². The van der Waals surface area contributed by atoms with Gasteiger partial charge in [0, 0.05) is 10.9 Å². The number of thiophene rings is 1. The molecule has 4 rings (SSSR count). The molecule has 0 unspecified atom stereocenters. The number of para-hydroxylation sites is 1. The Morgan fingerprint density at radius 1 is 1.17 bits per heavy atom. The molecule has 0 aliphatic heterocycles. The molecule has 0 spiro atoms. The van der Waals surface area contributed by atoms with Gasteiger partial charge in [0.2, 0.25) is 5.91 Å². The summed E-state index contributed by atoms with van der Waals surface area (Å²) in [5, 5.41) is 4.42. The minimum absolute atomic E-state index is 0.0133. The molecule has 1 N–H and O–H groups in total. The lowest BCUT2D eigenvalue weighted by atomic mass is 10.1. The fourth-order valence-electron chi connectivity index (χ4n) is 4.00. The normalized spacial score (nSPS) is 15.3. The summed E-state index contributed by atoms with van der Waals surface area (Å²) in [6.07, 6.45) is 7.00. The van der Waals surface area contributed by atoms with Crippen molar-refractivity contribution in [1.82, 2.24) is 14.9 Å². The van der Waals surface area contributed by atoms with Crippen LogP contribution in [0.2, 0.25) is 0 Å². The molecule has 1 aliphatic rings. The fourth-order valence-corrected chi connectivity index (χ4v) is 5.89. The number of aryl methyl sites for hydroxylation is 2. The van der Waals surface area contributed by atoms with Crippen LogP contribution in [0.3, 0.4) is 0 Å². The van der Waals surface area contributed by atoms with E-state index in [9.17, 15) is 9.59 Å². The Labute approximate surface area is 184 Å². The van der Waals surface area contributed by atoms with E-state index in [1.54, 1.807) is 4.57 Å². The maximum absolute atomic E-state index is 13.4. The summed E-state index contributed by atoms with van der Waals surface area (Å²) < 4.78 is 1.64. The largest absolute Gasteiger partial charge is 0.353 e. The second-order valence-corrected chi connectivity index (χ2v) is 10.0. The summed E-state index contributed by atoms with van der Waals surface area (Å²) >= 11 is 2.87. The van der Waals surface area contributed by atoms with Crippen molar-refractivity contribution in [3.63, 3.8) is 0 Å². The van der Waals surface area contributed by atoms with Gasteiger partial charge in [-0.3, -0.25) is 14.2 Å². The predicted molar refractivity (Wildman–Crippen MR) is 125 cm³/mol. The molecule has 5 nitrogen and oxygen atoms in total. The van der Waals surface area contributed by atoms with Crippen molar-refractivity contribution in [3.8, 4) is 5.69 Å². The minimum Gasteiger partial charge on any atom is -0.353 e. The van der Waals surface area contributed by atoms with Crippen LogP contribution in [-0.2, 0) is 4.79 Å². The van der Waals surface area contributed by atoms with Crippen molar-refractivity contribution in [2.75, 3.05) is 5.75 Å². The molecule has 1 amide bonds. The van der Waals surface area contributed by atoms with Crippen LogP contribution in [0.15, 0.2) is 40.3 Å². The molecule has 3 aromatic rings. The molecule has 0 bridgehead atoms. The number of nitrogens with one attached hydrogen (secondary N) is 1. The number of hydrogen-bond acceptors (Lipinski definition) is 5. The molecule has 2 aromatic heterocycles. The van der Waals surface area contributed by atoms with Gasteiger partial charge in [-0.2, -0.15) is 0 Å². The SMILES string of the molecule is Cc1sc2nc(SCC(=O)NC3CCCCCC3)n(-c3ccccc3)c(=O)c2c1C. The van der Waals surface area contributed by atoms with Crippen molar-refractivity contribution in [3.05, 3.63) is 51.1 Å². The van der Waals surface area contributed by atoms with Crippen LogP contribution in [0.1, 0.15) is 49.0 Å². The third kappa shape index (κ3) is 4.47. The number of fused-ring (bicyclic) bond motifs is 1. The van der Waals surface area contributed by atoms with E-state index in [1.807, 2.05) is 44.2 Å². The van der Waals surface area contributed by atoms with Crippen molar-refractivity contribution in [1.29, 1.82) is 0 Å². The first-order chi connectivity index (χ1) is 14.5. The van der Waals surface area contributed by atoms with E-state index < -0.39 is 0 Å². The van der Waals surface area contributed by atoms with Gasteiger partial charge in [-0.05, 0) is 44.4 Å². The molecule has 1 aromatic carbocycles. The first kappa shape index (κ1) is 21.1. The van der Waals surface area contributed by atoms with E-state index in [-0.39, 0.29) is 23.3 Å². The highest BCUT2D eigenvalue weighted by Gasteiger charge is 2.20. The smallest absolute Gasteiger partial charge is 0.267 e. The first-order valence-electron chi connectivity index (χ1n) is 10.5. The third-order valence-corrected chi connectivity index (χ3v) is 7.78.